The van der Waals surface area contributed by atoms with E-state index in [0.717, 1.165) is 91.4 Å². The molecule has 5 N–H and O–H groups in total. The van der Waals surface area contributed by atoms with Gasteiger partial charge < -0.3 is 30.5 Å². The lowest BCUT2D eigenvalue weighted by molar-refractivity contribution is -0.119. The molecule has 12 heteroatoms. The number of benzene rings is 2. The number of carbonyl (C=O) groups is 1. The minimum Gasteiger partial charge on any atom is -0.481 e. The maximum atomic E-state index is 11.9. The zero-order valence-corrected chi connectivity index (χ0v) is 32.3. The first kappa shape index (κ1) is 37.2. The predicted octanol–water partition coefficient (Wildman–Crippen LogP) is 6.89. The SMILES string of the molecule is COc1nc(-c2cccc(-c3cccc(-c4ccc(CNC5CCC6(CNC(O)C6)C5)c(OC)n4)c3Cl)c2Cl)ccc1CNC1CCC2(CNC(=O)C2)C1. The molecule has 2 aromatic heterocycles. The molecule has 4 aromatic rings. The number of methoxy groups -OCH3 is 2. The maximum absolute atomic E-state index is 11.9. The number of pyridine rings is 2. The van der Waals surface area contributed by atoms with Crippen molar-refractivity contribution in [1.29, 1.82) is 0 Å². The molecule has 2 aliphatic heterocycles. The minimum absolute atomic E-state index is 0.0934. The third kappa shape index (κ3) is 7.44. The number of ether oxygens (including phenoxy) is 2. The molecule has 0 bridgehead atoms. The number of nitrogens with one attached hydrogen (secondary N) is 4. The van der Waals surface area contributed by atoms with Gasteiger partial charge in [-0.1, -0.05) is 71.7 Å². The molecule has 8 rings (SSSR count). The highest BCUT2D eigenvalue weighted by Gasteiger charge is 2.45. The van der Waals surface area contributed by atoms with Crippen molar-refractivity contribution in [2.24, 2.45) is 10.8 Å². The molecule has 5 atom stereocenters. The fourth-order valence-corrected chi connectivity index (χ4v) is 9.97. The number of halogens is 2. The summed E-state index contributed by atoms with van der Waals surface area (Å²) in [7, 11) is 3.28. The quantitative estimate of drug-likeness (QED) is 0.111. The molecule has 284 valence electrons. The van der Waals surface area contributed by atoms with Crippen LogP contribution in [0.5, 0.6) is 11.8 Å². The second-order valence-corrected chi connectivity index (χ2v) is 16.5. The maximum Gasteiger partial charge on any atom is 0.220 e. The normalized spacial score (nSPS) is 26.2. The summed E-state index contributed by atoms with van der Waals surface area (Å²) in [6, 6.07) is 20.6. The van der Waals surface area contributed by atoms with E-state index in [-0.39, 0.29) is 16.7 Å². The van der Waals surface area contributed by atoms with Crippen molar-refractivity contribution >= 4 is 29.1 Å². The Balaban J connectivity index is 0.974. The van der Waals surface area contributed by atoms with Crippen LogP contribution in [0.3, 0.4) is 0 Å². The highest BCUT2D eigenvalue weighted by molar-refractivity contribution is 6.39. The van der Waals surface area contributed by atoms with Crippen LogP contribution in [0.2, 0.25) is 10.0 Å². The van der Waals surface area contributed by atoms with Crippen molar-refractivity contribution in [2.75, 3.05) is 27.3 Å². The molecular weight excluding hydrogens is 723 g/mol. The Bertz CT molecular complexity index is 2050. The van der Waals surface area contributed by atoms with Gasteiger partial charge in [0.1, 0.15) is 6.23 Å². The highest BCUT2D eigenvalue weighted by Crippen LogP contribution is 2.46. The number of hydrogen-bond acceptors (Lipinski definition) is 9. The predicted molar refractivity (Wildman–Crippen MR) is 212 cm³/mol. The Morgan fingerprint density at radius 3 is 1.74 bits per heavy atom. The number of aromatic nitrogens is 2. The van der Waals surface area contributed by atoms with Gasteiger partial charge in [-0.05, 0) is 67.9 Å². The summed E-state index contributed by atoms with van der Waals surface area (Å²) in [5.41, 5.74) is 6.75. The number of aliphatic hydroxyl groups is 1. The summed E-state index contributed by atoms with van der Waals surface area (Å²) in [5, 5.41) is 24.7. The summed E-state index contributed by atoms with van der Waals surface area (Å²) in [6.45, 7) is 2.92. The molecule has 1 amide bonds. The number of rotatable bonds is 11. The van der Waals surface area contributed by atoms with E-state index >= 15 is 0 Å². The molecule has 5 unspecified atom stereocenters. The van der Waals surface area contributed by atoms with Gasteiger partial charge in [0.05, 0.1) is 35.7 Å². The molecule has 2 aliphatic carbocycles. The van der Waals surface area contributed by atoms with Crippen molar-refractivity contribution in [1.82, 2.24) is 31.2 Å². The van der Waals surface area contributed by atoms with Gasteiger partial charge in [-0.25, -0.2) is 9.97 Å². The molecule has 2 saturated carbocycles. The lowest BCUT2D eigenvalue weighted by Crippen LogP contribution is -2.29. The number of amides is 1. The molecule has 2 saturated heterocycles. The van der Waals surface area contributed by atoms with Gasteiger partial charge in [-0.3, -0.25) is 10.1 Å². The van der Waals surface area contributed by atoms with Crippen LogP contribution in [-0.4, -0.2) is 66.6 Å². The molecule has 54 heavy (non-hydrogen) atoms. The molecule has 2 spiro atoms. The van der Waals surface area contributed by atoms with E-state index in [1.165, 1.54) is 0 Å². The van der Waals surface area contributed by atoms with Crippen molar-refractivity contribution in [3.63, 3.8) is 0 Å². The average molecular weight is 772 g/mol. The Hall–Kier alpha value is -3.77. The van der Waals surface area contributed by atoms with E-state index < -0.39 is 6.23 Å². The first-order valence-corrected chi connectivity index (χ1v) is 19.7. The number of nitrogens with zero attached hydrogens (tertiary/aromatic N) is 2. The molecular formula is C42H48Cl2N6O4. The van der Waals surface area contributed by atoms with Gasteiger partial charge in [-0.2, -0.15) is 0 Å². The van der Waals surface area contributed by atoms with Crippen molar-refractivity contribution in [2.45, 2.75) is 82.8 Å². The minimum atomic E-state index is -0.390. The molecule has 10 nitrogen and oxygen atoms in total. The topological polar surface area (TPSA) is 130 Å². The second kappa shape index (κ2) is 15.4. The van der Waals surface area contributed by atoms with Crippen molar-refractivity contribution in [3.8, 4) is 45.4 Å². The third-order valence-electron chi connectivity index (χ3n) is 12.2. The van der Waals surface area contributed by atoms with Gasteiger partial charge in [-0.15, -0.1) is 0 Å². The lowest BCUT2D eigenvalue weighted by Gasteiger charge is -2.22. The lowest BCUT2D eigenvalue weighted by atomic mass is 9.85. The number of carbonyl (C=O) groups excluding carboxylic acids is 1. The van der Waals surface area contributed by atoms with Gasteiger partial charge >= 0.3 is 0 Å². The van der Waals surface area contributed by atoms with E-state index in [4.69, 9.17) is 42.6 Å². The van der Waals surface area contributed by atoms with Crippen LogP contribution in [0.1, 0.15) is 62.5 Å². The molecule has 0 radical (unpaired) electrons. The monoisotopic (exact) mass is 770 g/mol. The van der Waals surface area contributed by atoms with Crippen LogP contribution >= 0.6 is 23.2 Å². The summed E-state index contributed by atoms with van der Waals surface area (Å²) in [6.07, 6.45) is 7.41. The first-order chi connectivity index (χ1) is 26.2. The molecule has 4 aliphatic rings. The van der Waals surface area contributed by atoms with Crippen molar-refractivity contribution < 1.29 is 19.4 Å². The van der Waals surface area contributed by atoms with Crippen LogP contribution in [0.25, 0.3) is 33.6 Å². The van der Waals surface area contributed by atoms with E-state index in [0.29, 0.717) is 64.8 Å². The summed E-state index contributed by atoms with van der Waals surface area (Å²) < 4.78 is 11.5. The van der Waals surface area contributed by atoms with Gasteiger partial charge in [0.25, 0.3) is 0 Å². The van der Waals surface area contributed by atoms with Gasteiger partial charge in [0, 0.05) is 78.1 Å². The summed E-state index contributed by atoms with van der Waals surface area (Å²) >= 11 is 14.3. The fourth-order valence-electron chi connectivity index (χ4n) is 9.32. The largest absolute Gasteiger partial charge is 0.481 e. The average Bonchev–Trinajstić information content (AvgIpc) is 3.97. The van der Waals surface area contributed by atoms with Crippen LogP contribution < -0.4 is 30.7 Å². The van der Waals surface area contributed by atoms with Crippen LogP contribution in [0, 0.1) is 10.8 Å². The van der Waals surface area contributed by atoms with E-state index in [1.807, 2.05) is 60.7 Å². The van der Waals surface area contributed by atoms with E-state index in [9.17, 15) is 9.90 Å². The summed E-state index contributed by atoms with van der Waals surface area (Å²) in [5.74, 6) is 1.27. The van der Waals surface area contributed by atoms with E-state index in [1.54, 1.807) is 14.2 Å². The Morgan fingerprint density at radius 1 is 0.741 bits per heavy atom. The molecule has 4 fully saturated rings. The fraction of sp³-hybridized carbons (Fsp3) is 0.452. The molecule has 4 heterocycles. The van der Waals surface area contributed by atoms with Gasteiger partial charge in [0.15, 0.2) is 0 Å². The first-order valence-electron chi connectivity index (χ1n) is 19.0. The number of aliphatic hydroxyl groups excluding tert-OH is 1. The molecule has 2 aromatic carbocycles. The zero-order chi connectivity index (χ0) is 37.5. The zero-order valence-electron chi connectivity index (χ0n) is 30.8. The smallest absolute Gasteiger partial charge is 0.220 e. The summed E-state index contributed by atoms with van der Waals surface area (Å²) in [4.78, 5) is 21.6. The van der Waals surface area contributed by atoms with Gasteiger partial charge in [0.2, 0.25) is 17.7 Å². The van der Waals surface area contributed by atoms with Crippen LogP contribution in [0.4, 0.5) is 0 Å². The Kier molecular flexibility index (Phi) is 10.6. The highest BCUT2D eigenvalue weighted by atomic mass is 35.5. The third-order valence-corrected chi connectivity index (χ3v) is 13.0. The standard InChI is InChI=1S/C42H48Cl2N6O4/c1-53-39-25(21-45-27-13-15-41(17-27)19-35(51)47-23-41)9-11-33(49-39)31-7-3-5-29(37(31)43)30-6-4-8-32(38(30)44)34-12-10-26(40(50-34)54-2)22-46-28-14-16-42(18-28)20-36(52)48-24-42/h3-12,27-28,35,45-47,51H,13-24H2,1-2H3,(H,48,52). The Labute approximate surface area is 326 Å². The van der Waals surface area contributed by atoms with Crippen molar-refractivity contribution in [3.05, 3.63) is 81.8 Å². The number of hydrogen-bond donors (Lipinski definition) is 5. The Morgan fingerprint density at radius 2 is 1.26 bits per heavy atom. The van der Waals surface area contributed by atoms with Crippen LogP contribution in [-0.2, 0) is 17.9 Å². The van der Waals surface area contributed by atoms with Crippen LogP contribution in [0.15, 0.2) is 60.7 Å². The van der Waals surface area contributed by atoms with E-state index in [2.05, 4.69) is 21.3 Å². The second-order valence-electron chi connectivity index (χ2n) is 15.8.